The number of nitrogens with one attached hydrogen (secondary N) is 1. The number of carbonyl (C=O) groups is 2. The Bertz CT molecular complexity index is 932. The zero-order valence-electron chi connectivity index (χ0n) is 14.7. The predicted molar refractivity (Wildman–Crippen MR) is 104 cm³/mol. The quantitative estimate of drug-likeness (QED) is 0.624. The molecule has 0 bridgehead atoms. The number of rotatable bonds is 4. The summed E-state index contributed by atoms with van der Waals surface area (Å²) < 4.78 is 10.6. The van der Waals surface area contributed by atoms with E-state index in [1.54, 1.807) is 12.1 Å². The number of ether oxygens (including phenoxy) is 2. The number of anilines is 1. The van der Waals surface area contributed by atoms with Crippen LogP contribution in [0.3, 0.4) is 0 Å². The van der Waals surface area contributed by atoms with Crippen molar-refractivity contribution in [2.45, 2.75) is 32.1 Å². The third kappa shape index (κ3) is 3.68. The SMILES string of the molecule is NC(=O)c1c(NC(=O)/C=C\c2ccc3c(c2)OCO3)sc2c1CCCCC2. The second-order valence-corrected chi connectivity index (χ2v) is 7.67. The predicted octanol–water partition coefficient (Wildman–Crippen LogP) is 3.50. The Hall–Kier alpha value is -2.80. The number of amides is 2. The van der Waals surface area contributed by atoms with Crippen molar-refractivity contribution < 1.29 is 19.1 Å². The molecule has 4 rings (SSSR count). The van der Waals surface area contributed by atoms with E-state index in [2.05, 4.69) is 5.32 Å². The molecule has 2 amide bonds. The number of aryl methyl sites for hydroxylation is 1. The molecule has 27 heavy (non-hydrogen) atoms. The van der Waals surface area contributed by atoms with Crippen molar-refractivity contribution in [3.8, 4) is 11.5 Å². The molecule has 6 nitrogen and oxygen atoms in total. The van der Waals surface area contributed by atoms with Crippen LogP contribution in [0.25, 0.3) is 6.08 Å². The van der Waals surface area contributed by atoms with Gasteiger partial charge in [0.2, 0.25) is 12.7 Å². The van der Waals surface area contributed by atoms with Crippen molar-refractivity contribution in [1.29, 1.82) is 0 Å². The standard InChI is InChI=1S/C20H20N2O4S/c21-19(24)18-13-4-2-1-3-5-16(13)27-20(18)22-17(23)9-7-12-6-8-14-15(10-12)26-11-25-14/h6-10H,1-5,11H2,(H2,21,24)(H,22,23)/b9-7-. The topological polar surface area (TPSA) is 90.7 Å². The zero-order chi connectivity index (χ0) is 18.8. The van der Waals surface area contributed by atoms with Gasteiger partial charge in [-0.15, -0.1) is 11.3 Å². The second kappa shape index (κ2) is 7.44. The highest BCUT2D eigenvalue weighted by molar-refractivity contribution is 7.17. The van der Waals surface area contributed by atoms with Gasteiger partial charge in [0.1, 0.15) is 5.00 Å². The maximum Gasteiger partial charge on any atom is 0.251 e. The number of nitrogens with two attached hydrogens (primary N) is 1. The van der Waals surface area contributed by atoms with Crippen molar-refractivity contribution in [2.24, 2.45) is 5.73 Å². The number of benzene rings is 1. The van der Waals surface area contributed by atoms with Gasteiger partial charge in [0.05, 0.1) is 5.56 Å². The Labute approximate surface area is 161 Å². The van der Waals surface area contributed by atoms with E-state index >= 15 is 0 Å². The highest BCUT2D eigenvalue weighted by atomic mass is 32.1. The Morgan fingerprint density at radius 3 is 2.78 bits per heavy atom. The van der Waals surface area contributed by atoms with E-state index in [9.17, 15) is 9.59 Å². The third-order valence-corrected chi connectivity index (χ3v) is 5.94. The zero-order valence-corrected chi connectivity index (χ0v) is 15.6. The van der Waals surface area contributed by atoms with E-state index in [1.165, 1.54) is 17.4 Å². The van der Waals surface area contributed by atoms with Gasteiger partial charge in [-0.25, -0.2) is 0 Å². The van der Waals surface area contributed by atoms with Gasteiger partial charge >= 0.3 is 0 Å². The third-order valence-electron chi connectivity index (χ3n) is 4.73. The summed E-state index contributed by atoms with van der Waals surface area (Å²) in [4.78, 5) is 25.5. The molecule has 0 unspecified atom stereocenters. The molecule has 2 heterocycles. The minimum absolute atomic E-state index is 0.210. The summed E-state index contributed by atoms with van der Waals surface area (Å²) in [6.07, 6.45) is 8.20. The first-order valence-corrected chi connectivity index (χ1v) is 9.76. The summed E-state index contributed by atoms with van der Waals surface area (Å²) in [5, 5.41) is 3.38. The minimum Gasteiger partial charge on any atom is -0.454 e. The molecule has 1 aliphatic heterocycles. The fraction of sp³-hybridized carbons (Fsp3) is 0.300. The summed E-state index contributed by atoms with van der Waals surface area (Å²) >= 11 is 1.47. The van der Waals surface area contributed by atoms with Crippen LogP contribution in [0.4, 0.5) is 5.00 Å². The normalized spacial score (nSPS) is 15.4. The molecular formula is C20H20N2O4S. The van der Waals surface area contributed by atoms with E-state index in [0.29, 0.717) is 22.1 Å². The molecule has 7 heteroatoms. The molecule has 0 atom stereocenters. The van der Waals surface area contributed by atoms with Crippen molar-refractivity contribution >= 4 is 34.2 Å². The van der Waals surface area contributed by atoms with Crippen LogP contribution in [0.5, 0.6) is 11.5 Å². The van der Waals surface area contributed by atoms with Crippen molar-refractivity contribution in [3.63, 3.8) is 0 Å². The molecule has 0 saturated carbocycles. The minimum atomic E-state index is -0.482. The van der Waals surface area contributed by atoms with Crippen LogP contribution in [-0.4, -0.2) is 18.6 Å². The maximum absolute atomic E-state index is 12.4. The summed E-state index contributed by atoms with van der Waals surface area (Å²) in [7, 11) is 0. The monoisotopic (exact) mass is 384 g/mol. The molecular weight excluding hydrogens is 364 g/mol. The second-order valence-electron chi connectivity index (χ2n) is 6.57. The lowest BCUT2D eigenvalue weighted by molar-refractivity contribution is -0.111. The molecule has 140 valence electrons. The van der Waals surface area contributed by atoms with Gasteiger partial charge in [-0.1, -0.05) is 12.5 Å². The fourth-order valence-electron chi connectivity index (χ4n) is 3.43. The maximum atomic E-state index is 12.4. The molecule has 0 spiro atoms. The highest BCUT2D eigenvalue weighted by Crippen LogP contribution is 2.37. The molecule has 0 saturated heterocycles. The molecule has 0 radical (unpaired) electrons. The number of primary amides is 1. The van der Waals surface area contributed by atoms with Crippen LogP contribution < -0.4 is 20.5 Å². The first-order chi connectivity index (χ1) is 13.1. The van der Waals surface area contributed by atoms with Crippen molar-refractivity contribution in [2.75, 3.05) is 12.1 Å². The van der Waals surface area contributed by atoms with Gasteiger partial charge in [-0.05, 0) is 55.0 Å². The smallest absolute Gasteiger partial charge is 0.251 e. The van der Waals surface area contributed by atoms with Gasteiger partial charge < -0.3 is 20.5 Å². The van der Waals surface area contributed by atoms with Crippen LogP contribution in [0.2, 0.25) is 0 Å². The first-order valence-electron chi connectivity index (χ1n) is 8.95. The summed E-state index contributed by atoms with van der Waals surface area (Å²) in [5.74, 6) is 0.578. The number of fused-ring (bicyclic) bond motifs is 2. The summed E-state index contributed by atoms with van der Waals surface area (Å²) in [6, 6.07) is 5.47. The largest absolute Gasteiger partial charge is 0.454 e. The average Bonchev–Trinajstić information content (AvgIpc) is 3.17. The van der Waals surface area contributed by atoms with Gasteiger partial charge in [0.15, 0.2) is 11.5 Å². The Kier molecular flexibility index (Phi) is 4.85. The molecule has 0 fully saturated rings. The van der Waals surface area contributed by atoms with Crippen molar-refractivity contribution in [3.05, 3.63) is 45.8 Å². The molecule has 2 aliphatic rings. The van der Waals surface area contributed by atoms with Gasteiger partial charge in [-0.2, -0.15) is 0 Å². The number of thiophene rings is 1. The van der Waals surface area contributed by atoms with E-state index in [-0.39, 0.29) is 12.7 Å². The van der Waals surface area contributed by atoms with Crippen LogP contribution in [-0.2, 0) is 17.6 Å². The van der Waals surface area contributed by atoms with Crippen molar-refractivity contribution in [1.82, 2.24) is 0 Å². The Balaban J connectivity index is 1.52. The first kappa shape index (κ1) is 17.6. The lowest BCUT2D eigenvalue weighted by Crippen LogP contribution is -2.16. The van der Waals surface area contributed by atoms with Gasteiger partial charge in [0.25, 0.3) is 5.91 Å². The number of carbonyl (C=O) groups excluding carboxylic acids is 2. The summed E-state index contributed by atoms with van der Waals surface area (Å²) in [6.45, 7) is 0.210. The molecule has 3 N–H and O–H groups in total. The number of hydrogen-bond acceptors (Lipinski definition) is 5. The number of hydrogen-bond donors (Lipinski definition) is 2. The average molecular weight is 384 g/mol. The Morgan fingerprint density at radius 2 is 1.93 bits per heavy atom. The van der Waals surface area contributed by atoms with Crippen LogP contribution in [0, 0.1) is 0 Å². The van der Waals surface area contributed by atoms with Gasteiger partial charge in [-0.3, -0.25) is 9.59 Å². The van der Waals surface area contributed by atoms with Crippen LogP contribution in [0.15, 0.2) is 24.3 Å². The van der Waals surface area contributed by atoms with E-state index in [1.807, 2.05) is 12.1 Å². The molecule has 1 aliphatic carbocycles. The highest BCUT2D eigenvalue weighted by Gasteiger charge is 2.23. The fourth-order valence-corrected chi connectivity index (χ4v) is 4.73. The lowest BCUT2D eigenvalue weighted by atomic mass is 10.1. The van der Waals surface area contributed by atoms with E-state index < -0.39 is 5.91 Å². The lowest BCUT2D eigenvalue weighted by Gasteiger charge is -2.04. The van der Waals surface area contributed by atoms with E-state index in [0.717, 1.165) is 48.1 Å². The van der Waals surface area contributed by atoms with E-state index in [4.69, 9.17) is 15.2 Å². The molecule has 1 aromatic carbocycles. The Morgan fingerprint density at radius 1 is 1.11 bits per heavy atom. The molecule has 2 aromatic rings. The van der Waals surface area contributed by atoms with Crippen LogP contribution >= 0.6 is 11.3 Å². The van der Waals surface area contributed by atoms with Gasteiger partial charge in [0, 0.05) is 11.0 Å². The van der Waals surface area contributed by atoms with Crippen LogP contribution in [0.1, 0.15) is 45.6 Å². The molecule has 1 aromatic heterocycles. The summed E-state index contributed by atoms with van der Waals surface area (Å²) in [5.41, 5.74) is 7.91.